The second-order valence-corrected chi connectivity index (χ2v) is 4.66. The summed E-state index contributed by atoms with van der Waals surface area (Å²) in [5.41, 5.74) is 5.93. The maximum atomic E-state index is 11.6. The first-order chi connectivity index (χ1) is 8.57. The highest BCUT2D eigenvalue weighted by Gasteiger charge is 2.47. The third kappa shape index (κ3) is 2.22. The summed E-state index contributed by atoms with van der Waals surface area (Å²) in [6.45, 7) is 0. The maximum absolute atomic E-state index is 11.6. The van der Waals surface area contributed by atoms with Crippen LogP contribution in [0.1, 0.15) is 18.4 Å². The van der Waals surface area contributed by atoms with Crippen LogP contribution in [0.15, 0.2) is 30.3 Å². The first-order valence-electron chi connectivity index (χ1n) is 5.92. The van der Waals surface area contributed by atoms with E-state index in [4.69, 9.17) is 5.73 Å². The van der Waals surface area contributed by atoms with E-state index in [1.807, 2.05) is 37.4 Å². The second kappa shape index (κ2) is 4.78. The number of carbonyl (C=O) groups excluding carboxylic acids is 2. The van der Waals surface area contributed by atoms with E-state index >= 15 is 0 Å². The molecule has 0 unspecified atom stereocenters. The van der Waals surface area contributed by atoms with Crippen molar-refractivity contribution in [3.05, 3.63) is 35.9 Å². The quantitative estimate of drug-likeness (QED) is 0.735. The van der Waals surface area contributed by atoms with Crippen LogP contribution in [-0.2, 0) is 10.3 Å². The van der Waals surface area contributed by atoms with Gasteiger partial charge in [0, 0.05) is 11.5 Å². The fourth-order valence-electron chi connectivity index (χ4n) is 2.53. The van der Waals surface area contributed by atoms with Gasteiger partial charge in [-0.05, 0) is 25.5 Å². The van der Waals surface area contributed by atoms with Gasteiger partial charge in [0.2, 0.25) is 5.91 Å². The van der Waals surface area contributed by atoms with E-state index in [1.54, 1.807) is 0 Å². The molecule has 0 radical (unpaired) electrons. The highest BCUT2D eigenvalue weighted by atomic mass is 16.2. The van der Waals surface area contributed by atoms with Crippen LogP contribution in [-0.4, -0.2) is 19.0 Å². The molecular formula is C13H17N3O2. The van der Waals surface area contributed by atoms with Crippen molar-refractivity contribution in [1.82, 2.24) is 10.6 Å². The van der Waals surface area contributed by atoms with Crippen molar-refractivity contribution < 1.29 is 9.59 Å². The van der Waals surface area contributed by atoms with Gasteiger partial charge < -0.3 is 11.1 Å². The molecule has 0 atom stereocenters. The van der Waals surface area contributed by atoms with Crippen molar-refractivity contribution in [2.75, 3.05) is 7.05 Å². The van der Waals surface area contributed by atoms with Gasteiger partial charge in [0.15, 0.2) is 0 Å². The summed E-state index contributed by atoms with van der Waals surface area (Å²) < 4.78 is 0. The SMILES string of the molecule is CNC1(c2ccccc2)CC(C(=O)NC(N)=O)C1. The first-order valence-corrected chi connectivity index (χ1v) is 5.92. The predicted octanol–water partition coefficient (Wildman–Crippen LogP) is 0.706. The lowest BCUT2D eigenvalue weighted by Crippen LogP contribution is -2.56. The smallest absolute Gasteiger partial charge is 0.318 e. The van der Waals surface area contributed by atoms with E-state index in [1.165, 1.54) is 0 Å². The molecule has 0 saturated heterocycles. The van der Waals surface area contributed by atoms with E-state index in [9.17, 15) is 9.59 Å². The zero-order valence-corrected chi connectivity index (χ0v) is 10.3. The van der Waals surface area contributed by atoms with Crippen LogP contribution in [0.2, 0.25) is 0 Å². The summed E-state index contributed by atoms with van der Waals surface area (Å²) in [7, 11) is 1.88. The molecule has 0 aliphatic heterocycles. The largest absolute Gasteiger partial charge is 0.351 e. The van der Waals surface area contributed by atoms with Crippen molar-refractivity contribution in [2.45, 2.75) is 18.4 Å². The van der Waals surface area contributed by atoms with Gasteiger partial charge in [-0.15, -0.1) is 0 Å². The molecule has 1 saturated carbocycles. The van der Waals surface area contributed by atoms with Crippen molar-refractivity contribution in [3.63, 3.8) is 0 Å². The van der Waals surface area contributed by atoms with Crippen LogP contribution >= 0.6 is 0 Å². The molecule has 1 fully saturated rings. The second-order valence-electron chi connectivity index (χ2n) is 4.66. The Labute approximate surface area is 106 Å². The topological polar surface area (TPSA) is 84.2 Å². The van der Waals surface area contributed by atoms with Gasteiger partial charge in [0.05, 0.1) is 0 Å². The van der Waals surface area contributed by atoms with Gasteiger partial charge >= 0.3 is 6.03 Å². The Bertz CT molecular complexity index is 453. The zero-order chi connectivity index (χ0) is 13.2. The third-order valence-electron chi connectivity index (χ3n) is 3.61. The van der Waals surface area contributed by atoms with E-state index < -0.39 is 6.03 Å². The molecular weight excluding hydrogens is 230 g/mol. The minimum absolute atomic E-state index is 0.162. The molecule has 5 heteroatoms. The van der Waals surface area contributed by atoms with Crippen LogP contribution in [0.5, 0.6) is 0 Å². The monoisotopic (exact) mass is 247 g/mol. The van der Waals surface area contributed by atoms with Gasteiger partial charge in [0.1, 0.15) is 0 Å². The van der Waals surface area contributed by atoms with E-state index in [0.717, 1.165) is 5.56 Å². The number of primary amides is 1. The van der Waals surface area contributed by atoms with Gasteiger partial charge in [-0.25, -0.2) is 4.79 Å². The number of benzene rings is 1. The lowest BCUT2D eigenvalue weighted by Gasteiger charge is -2.47. The number of urea groups is 1. The molecule has 18 heavy (non-hydrogen) atoms. The average Bonchev–Trinajstić information content (AvgIpc) is 2.29. The summed E-state index contributed by atoms with van der Waals surface area (Å²) in [6.07, 6.45) is 1.35. The van der Waals surface area contributed by atoms with Gasteiger partial charge in [-0.3, -0.25) is 10.1 Å². The van der Waals surface area contributed by atoms with Crippen molar-refractivity contribution >= 4 is 11.9 Å². The zero-order valence-electron chi connectivity index (χ0n) is 10.3. The molecule has 0 aromatic heterocycles. The molecule has 1 aromatic rings. The number of hydrogen-bond acceptors (Lipinski definition) is 3. The number of amides is 3. The molecule has 5 nitrogen and oxygen atoms in total. The molecule has 1 aliphatic rings. The maximum Gasteiger partial charge on any atom is 0.318 e. The fraction of sp³-hybridized carbons (Fsp3) is 0.385. The molecule has 4 N–H and O–H groups in total. The standard InChI is InChI=1S/C13H17N3O2/c1-15-13(10-5-3-2-4-6-10)7-9(8-13)11(17)16-12(14)18/h2-6,9,15H,7-8H2,1H3,(H3,14,16,17,18). The Kier molecular flexibility index (Phi) is 3.34. The van der Waals surface area contributed by atoms with Crippen LogP contribution < -0.4 is 16.4 Å². The summed E-state index contributed by atoms with van der Waals surface area (Å²) in [5, 5.41) is 5.40. The molecule has 96 valence electrons. The molecule has 0 heterocycles. The van der Waals surface area contributed by atoms with Crippen LogP contribution in [0, 0.1) is 5.92 Å². The first kappa shape index (κ1) is 12.6. The van der Waals surface area contributed by atoms with Crippen molar-refractivity contribution in [1.29, 1.82) is 0 Å². The minimum Gasteiger partial charge on any atom is -0.351 e. The Morgan fingerprint density at radius 2 is 1.89 bits per heavy atom. The molecule has 1 aromatic carbocycles. The Morgan fingerprint density at radius 1 is 1.28 bits per heavy atom. The Hall–Kier alpha value is -1.88. The van der Waals surface area contributed by atoms with Gasteiger partial charge in [-0.2, -0.15) is 0 Å². The Balaban J connectivity index is 2.04. The number of hydrogen-bond donors (Lipinski definition) is 3. The molecule has 0 bridgehead atoms. The highest BCUT2D eigenvalue weighted by molar-refractivity contribution is 5.95. The lowest BCUT2D eigenvalue weighted by molar-refractivity contribution is -0.129. The minimum atomic E-state index is -0.790. The lowest BCUT2D eigenvalue weighted by atomic mass is 9.64. The third-order valence-corrected chi connectivity index (χ3v) is 3.61. The predicted molar refractivity (Wildman–Crippen MR) is 67.6 cm³/mol. The number of nitrogens with two attached hydrogens (primary N) is 1. The number of rotatable bonds is 3. The Morgan fingerprint density at radius 3 is 2.39 bits per heavy atom. The molecule has 2 rings (SSSR count). The summed E-state index contributed by atoms with van der Waals surface area (Å²) in [4.78, 5) is 22.3. The van der Waals surface area contributed by atoms with Crippen LogP contribution in [0.3, 0.4) is 0 Å². The van der Waals surface area contributed by atoms with E-state index in [0.29, 0.717) is 12.8 Å². The van der Waals surface area contributed by atoms with Crippen molar-refractivity contribution in [3.8, 4) is 0 Å². The van der Waals surface area contributed by atoms with Crippen LogP contribution in [0.25, 0.3) is 0 Å². The van der Waals surface area contributed by atoms with Crippen LogP contribution in [0.4, 0.5) is 4.79 Å². The number of nitrogens with one attached hydrogen (secondary N) is 2. The van der Waals surface area contributed by atoms with Gasteiger partial charge in [-0.1, -0.05) is 30.3 Å². The van der Waals surface area contributed by atoms with Gasteiger partial charge in [0.25, 0.3) is 0 Å². The van der Waals surface area contributed by atoms with E-state index in [2.05, 4.69) is 10.6 Å². The molecule has 0 spiro atoms. The summed E-state index contributed by atoms with van der Waals surface area (Å²) in [6, 6.07) is 9.21. The average molecular weight is 247 g/mol. The summed E-state index contributed by atoms with van der Waals surface area (Å²) in [5.74, 6) is -0.450. The number of carbonyl (C=O) groups is 2. The summed E-state index contributed by atoms with van der Waals surface area (Å²) >= 11 is 0. The normalized spacial score (nSPS) is 26.2. The van der Waals surface area contributed by atoms with E-state index in [-0.39, 0.29) is 17.4 Å². The van der Waals surface area contributed by atoms with Crippen molar-refractivity contribution in [2.24, 2.45) is 11.7 Å². The highest BCUT2D eigenvalue weighted by Crippen LogP contribution is 2.45. The fourth-order valence-corrected chi connectivity index (χ4v) is 2.53. The number of imide groups is 1. The molecule has 3 amide bonds. The molecule has 1 aliphatic carbocycles.